The zero-order valence-corrected chi connectivity index (χ0v) is 20.6. The van der Waals surface area contributed by atoms with E-state index in [1.54, 1.807) is 6.92 Å². The Kier molecular flexibility index (Phi) is 9.60. The molecule has 1 aliphatic rings. The van der Waals surface area contributed by atoms with Crippen LogP contribution >= 0.6 is 11.8 Å². The summed E-state index contributed by atoms with van der Waals surface area (Å²) in [4.78, 5) is 50.5. The summed E-state index contributed by atoms with van der Waals surface area (Å²) in [6.45, 7) is 2.92. The van der Waals surface area contributed by atoms with Crippen molar-refractivity contribution in [2.75, 3.05) is 13.2 Å². The van der Waals surface area contributed by atoms with Gasteiger partial charge in [0.05, 0.1) is 17.6 Å². The van der Waals surface area contributed by atoms with Gasteiger partial charge in [-0.15, -0.1) is 0 Å². The first-order valence-electron chi connectivity index (χ1n) is 11.5. The van der Waals surface area contributed by atoms with Gasteiger partial charge in [-0.25, -0.2) is 5.01 Å². The Hall–Kier alpha value is -3.46. The van der Waals surface area contributed by atoms with Crippen LogP contribution in [0, 0.1) is 0 Å². The summed E-state index contributed by atoms with van der Waals surface area (Å²) in [5, 5.41) is 7.46. The van der Waals surface area contributed by atoms with Crippen molar-refractivity contribution in [3.05, 3.63) is 71.8 Å². The number of carbonyl (C=O) groups excluding carboxylic acids is 4. The number of hydrogen-bond acceptors (Lipinski definition) is 7. The molecular formula is C26H29N3O5S. The van der Waals surface area contributed by atoms with Crippen molar-refractivity contribution in [2.24, 2.45) is 5.10 Å². The number of amides is 2. The van der Waals surface area contributed by atoms with Crippen LogP contribution in [0.25, 0.3) is 0 Å². The molecule has 0 spiro atoms. The van der Waals surface area contributed by atoms with E-state index in [-0.39, 0.29) is 18.3 Å². The molecule has 0 aliphatic carbocycles. The first-order chi connectivity index (χ1) is 16.9. The van der Waals surface area contributed by atoms with Crippen molar-refractivity contribution in [1.82, 2.24) is 10.3 Å². The molecule has 0 bridgehead atoms. The molecule has 3 rings (SSSR count). The Morgan fingerprint density at radius 3 is 2.40 bits per heavy atom. The second kappa shape index (κ2) is 12.9. The maximum absolute atomic E-state index is 13.3. The van der Waals surface area contributed by atoms with Gasteiger partial charge in [0.15, 0.2) is 5.12 Å². The van der Waals surface area contributed by atoms with Gasteiger partial charge in [0.25, 0.3) is 5.91 Å². The van der Waals surface area contributed by atoms with E-state index >= 15 is 0 Å². The number of rotatable bonds is 9. The minimum atomic E-state index is -0.896. The number of nitrogens with one attached hydrogen (secondary N) is 1. The van der Waals surface area contributed by atoms with Gasteiger partial charge in [-0.2, -0.15) is 5.10 Å². The predicted molar refractivity (Wildman–Crippen MR) is 135 cm³/mol. The zero-order valence-electron chi connectivity index (χ0n) is 19.8. The van der Waals surface area contributed by atoms with Crippen molar-refractivity contribution >= 4 is 40.4 Å². The zero-order chi connectivity index (χ0) is 25.2. The standard InChI is InChI=1S/C26H29N3O5S/c1-3-34-24(31)17-29-26(33)22(15-14-21(28-29)20-12-8-5-9-13-20)27-25(32)23(35-18(2)30)16-19-10-6-4-7-11-19/h4-13,22-23H,3,14-17H2,1-2H3,(H,27,32)/t22-,23-/m0/s1. The van der Waals surface area contributed by atoms with Gasteiger partial charge in [-0.1, -0.05) is 72.4 Å². The quantitative estimate of drug-likeness (QED) is 0.537. The summed E-state index contributed by atoms with van der Waals surface area (Å²) in [5.41, 5.74) is 2.38. The SMILES string of the molecule is CCOC(=O)CN1N=C(c2ccccc2)CC[C@H](NC(=O)[C@H](Cc2ccccc2)SC(C)=O)C1=O. The van der Waals surface area contributed by atoms with E-state index in [2.05, 4.69) is 10.4 Å². The molecule has 2 aromatic rings. The van der Waals surface area contributed by atoms with Crippen LogP contribution in [0.5, 0.6) is 0 Å². The second-order valence-electron chi connectivity index (χ2n) is 8.00. The number of esters is 1. The van der Waals surface area contributed by atoms with Crippen molar-refractivity contribution < 1.29 is 23.9 Å². The highest BCUT2D eigenvalue weighted by atomic mass is 32.2. The van der Waals surface area contributed by atoms with Crippen LogP contribution in [-0.2, 0) is 30.3 Å². The van der Waals surface area contributed by atoms with E-state index < -0.39 is 29.1 Å². The molecule has 9 heteroatoms. The lowest BCUT2D eigenvalue weighted by atomic mass is 10.0. The molecular weight excluding hydrogens is 466 g/mol. The number of nitrogens with zero attached hydrogens (tertiary/aromatic N) is 2. The first-order valence-corrected chi connectivity index (χ1v) is 12.4. The lowest BCUT2D eigenvalue weighted by molar-refractivity contribution is -0.149. The summed E-state index contributed by atoms with van der Waals surface area (Å²) in [7, 11) is 0. The fourth-order valence-corrected chi connectivity index (χ4v) is 4.57. The molecule has 1 N–H and O–H groups in total. The number of ether oxygens (including phenoxy) is 1. The minimum Gasteiger partial charge on any atom is -0.465 e. The molecule has 0 saturated carbocycles. The van der Waals surface area contributed by atoms with E-state index in [9.17, 15) is 19.2 Å². The Labute approximate surface area is 209 Å². The molecule has 8 nitrogen and oxygen atoms in total. The molecule has 1 heterocycles. The normalized spacial score (nSPS) is 16.6. The minimum absolute atomic E-state index is 0.180. The van der Waals surface area contributed by atoms with Crippen molar-refractivity contribution in [3.63, 3.8) is 0 Å². The van der Waals surface area contributed by atoms with Crippen molar-refractivity contribution in [1.29, 1.82) is 0 Å². The lowest BCUT2D eigenvalue weighted by Gasteiger charge is -2.23. The number of carbonyl (C=O) groups is 4. The fraction of sp³-hybridized carbons (Fsp3) is 0.346. The maximum Gasteiger partial charge on any atom is 0.327 e. The van der Waals surface area contributed by atoms with Crippen molar-refractivity contribution in [3.8, 4) is 0 Å². The van der Waals surface area contributed by atoms with E-state index in [0.717, 1.165) is 27.9 Å². The summed E-state index contributed by atoms with van der Waals surface area (Å²) < 4.78 is 5.01. The molecule has 35 heavy (non-hydrogen) atoms. The predicted octanol–water partition coefficient (Wildman–Crippen LogP) is 2.95. The van der Waals surface area contributed by atoms with Crippen LogP contribution < -0.4 is 5.32 Å². The van der Waals surface area contributed by atoms with Gasteiger partial charge in [-0.3, -0.25) is 19.2 Å². The fourth-order valence-electron chi connectivity index (χ4n) is 3.72. The molecule has 0 fully saturated rings. The summed E-state index contributed by atoms with van der Waals surface area (Å²) >= 11 is 0.934. The van der Waals surface area contributed by atoms with Gasteiger partial charge < -0.3 is 10.1 Å². The third-order valence-corrected chi connectivity index (χ3v) is 6.33. The molecule has 0 aromatic heterocycles. The van der Waals surface area contributed by atoms with Crippen LogP contribution in [0.15, 0.2) is 65.8 Å². The van der Waals surface area contributed by atoms with E-state index in [0.29, 0.717) is 25.0 Å². The van der Waals surface area contributed by atoms with Crippen LogP contribution in [0.4, 0.5) is 0 Å². The second-order valence-corrected chi connectivity index (χ2v) is 9.38. The third kappa shape index (κ3) is 7.78. The summed E-state index contributed by atoms with van der Waals surface area (Å²) in [6.07, 6.45) is 1.07. The number of benzene rings is 2. The van der Waals surface area contributed by atoms with E-state index in [1.165, 1.54) is 6.92 Å². The Morgan fingerprint density at radius 1 is 1.11 bits per heavy atom. The number of thioether (sulfide) groups is 1. The highest BCUT2D eigenvalue weighted by molar-refractivity contribution is 8.14. The molecule has 2 amide bonds. The molecule has 184 valence electrons. The van der Waals surface area contributed by atoms with Crippen LogP contribution in [0.1, 0.15) is 37.8 Å². The molecule has 0 saturated heterocycles. The van der Waals surface area contributed by atoms with Gasteiger partial charge in [0.2, 0.25) is 5.91 Å². The lowest BCUT2D eigenvalue weighted by Crippen LogP contribution is -2.50. The summed E-state index contributed by atoms with van der Waals surface area (Å²) in [5.74, 6) is -1.49. The van der Waals surface area contributed by atoms with Gasteiger partial charge >= 0.3 is 5.97 Å². The number of hydrogen-bond donors (Lipinski definition) is 1. The Bertz CT molecular complexity index is 1070. The smallest absolute Gasteiger partial charge is 0.327 e. The van der Waals surface area contributed by atoms with E-state index in [4.69, 9.17) is 4.74 Å². The average Bonchev–Trinajstić information content (AvgIpc) is 2.99. The maximum atomic E-state index is 13.3. The third-order valence-electron chi connectivity index (χ3n) is 5.34. The summed E-state index contributed by atoms with van der Waals surface area (Å²) in [6, 6.07) is 17.9. The number of hydrazone groups is 1. The Morgan fingerprint density at radius 2 is 1.77 bits per heavy atom. The van der Waals surface area contributed by atoms with Gasteiger partial charge in [0.1, 0.15) is 12.6 Å². The molecule has 0 unspecified atom stereocenters. The highest BCUT2D eigenvalue weighted by Crippen LogP contribution is 2.20. The molecule has 0 radical (unpaired) electrons. The van der Waals surface area contributed by atoms with E-state index in [1.807, 2.05) is 60.7 Å². The highest BCUT2D eigenvalue weighted by Gasteiger charge is 2.33. The van der Waals surface area contributed by atoms with Crippen LogP contribution in [-0.4, -0.2) is 58.1 Å². The van der Waals surface area contributed by atoms with Crippen molar-refractivity contribution in [2.45, 2.75) is 44.4 Å². The van der Waals surface area contributed by atoms with Gasteiger partial charge in [-0.05, 0) is 37.3 Å². The average molecular weight is 496 g/mol. The van der Waals surface area contributed by atoms with Gasteiger partial charge in [0, 0.05) is 6.92 Å². The molecule has 2 atom stereocenters. The van der Waals surface area contributed by atoms with Crippen LogP contribution in [0.3, 0.4) is 0 Å². The first kappa shape index (κ1) is 26.2. The monoisotopic (exact) mass is 495 g/mol. The molecule has 2 aromatic carbocycles. The Balaban J connectivity index is 1.80. The topological polar surface area (TPSA) is 105 Å². The largest absolute Gasteiger partial charge is 0.465 e. The molecule has 1 aliphatic heterocycles. The van der Waals surface area contributed by atoms with Crippen LogP contribution in [0.2, 0.25) is 0 Å².